The van der Waals surface area contributed by atoms with Crippen LogP contribution >= 0.6 is 15.9 Å². The Morgan fingerprint density at radius 2 is 2.36 bits per heavy atom. The van der Waals surface area contributed by atoms with Crippen molar-refractivity contribution in [1.29, 1.82) is 0 Å². The Bertz CT molecular complexity index is 319. The van der Waals surface area contributed by atoms with E-state index in [1.165, 1.54) is 0 Å². The lowest BCUT2D eigenvalue weighted by molar-refractivity contribution is -0.142. The van der Waals surface area contributed by atoms with Crippen LogP contribution in [0.5, 0.6) is 0 Å². The summed E-state index contributed by atoms with van der Waals surface area (Å²) in [6.45, 7) is 4.15. The first-order chi connectivity index (χ1) is 6.65. The van der Waals surface area contributed by atoms with Crippen molar-refractivity contribution in [1.82, 2.24) is 4.98 Å². The Morgan fingerprint density at radius 3 is 2.93 bits per heavy atom. The number of hydrogen-bond acceptors (Lipinski definition) is 3. The lowest BCUT2D eigenvalue weighted by atomic mass is 10.1. The lowest BCUT2D eigenvalue weighted by Gasteiger charge is -2.06. The maximum absolute atomic E-state index is 11.2. The minimum Gasteiger partial charge on any atom is -0.466 e. The molecule has 1 aromatic rings. The van der Waals surface area contributed by atoms with Crippen molar-refractivity contribution in [3.63, 3.8) is 0 Å². The fourth-order valence-corrected chi connectivity index (χ4v) is 1.70. The average Bonchev–Trinajstić information content (AvgIpc) is 2.12. The molecule has 0 aliphatic rings. The van der Waals surface area contributed by atoms with E-state index >= 15 is 0 Å². The van der Waals surface area contributed by atoms with Crippen LogP contribution in [0.15, 0.2) is 16.9 Å². The molecule has 0 unspecified atom stereocenters. The highest BCUT2D eigenvalue weighted by atomic mass is 79.9. The van der Waals surface area contributed by atoms with Crippen LogP contribution in [0.1, 0.15) is 18.1 Å². The number of nitrogens with zero attached hydrogens (tertiary/aromatic N) is 1. The zero-order chi connectivity index (χ0) is 10.6. The molecule has 1 rings (SSSR count). The molecule has 1 aromatic heterocycles. The van der Waals surface area contributed by atoms with E-state index in [4.69, 9.17) is 4.74 Å². The molecule has 4 heteroatoms. The molecule has 0 N–H and O–H groups in total. The highest BCUT2D eigenvalue weighted by molar-refractivity contribution is 9.10. The third-order valence-electron chi connectivity index (χ3n) is 1.86. The zero-order valence-electron chi connectivity index (χ0n) is 8.21. The van der Waals surface area contributed by atoms with Gasteiger partial charge >= 0.3 is 5.97 Å². The Labute approximate surface area is 91.6 Å². The third-order valence-corrected chi connectivity index (χ3v) is 2.55. The average molecular weight is 258 g/mol. The topological polar surface area (TPSA) is 39.2 Å². The highest BCUT2D eigenvalue weighted by Gasteiger charge is 2.10. The molecule has 76 valence electrons. The standard InChI is InChI=1S/C10H12BrNO2/c1-3-14-9(13)6-8-7(2)4-5-12-10(8)11/h4-5H,3,6H2,1-2H3. The number of hydrogen-bond donors (Lipinski definition) is 0. The molecule has 0 radical (unpaired) electrons. The molecule has 3 nitrogen and oxygen atoms in total. The van der Waals surface area contributed by atoms with Gasteiger partial charge in [0.25, 0.3) is 0 Å². The number of aryl methyl sites for hydroxylation is 1. The van der Waals surface area contributed by atoms with Crippen molar-refractivity contribution in [2.45, 2.75) is 20.3 Å². The van der Waals surface area contributed by atoms with Gasteiger partial charge in [0.1, 0.15) is 4.60 Å². The van der Waals surface area contributed by atoms with Crippen LogP contribution in [0, 0.1) is 6.92 Å². The molecule has 0 aromatic carbocycles. The highest BCUT2D eigenvalue weighted by Crippen LogP contribution is 2.18. The molecule has 14 heavy (non-hydrogen) atoms. The van der Waals surface area contributed by atoms with Crippen molar-refractivity contribution < 1.29 is 9.53 Å². The van der Waals surface area contributed by atoms with Crippen molar-refractivity contribution >= 4 is 21.9 Å². The zero-order valence-corrected chi connectivity index (χ0v) is 9.80. The smallest absolute Gasteiger partial charge is 0.310 e. The lowest BCUT2D eigenvalue weighted by Crippen LogP contribution is -2.09. The number of pyridine rings is 1. The number of carbonyl (C=O) groups is 1. The summed E-state index contributed by atoms with van der Waals surface area (Å²) in [5.74, 6) is -0.218. The maximum atomic E-state index is 11.2. The van der Waals surface area contributed by atoms with Gasteiger partial charge in [-0.15, -0.1) is 0 Å². The first-order valence-electron chi connectivity index (χ1n) is 4.40. The largest absolute Gasteiger partial charge is 0.466 e. The second-order valence-electron chi connectivity index (χ2n) is 2.88. The van der Waals surface area contributed by atoms with Gasteiger partial charge in [-0.25, -0.2) is 4.98 Å². The SMILES string of the molecule is CCOC(=O)Cc1c(C)ccnc1Br. The molecule has 0 saturated heterocycles. The van der Waals surface area contributed by atoms with Gasteiger partial charge in [-0.3, -0.25) is 4.79 Å². The summed E-state index contributed by atoms with van der Waals surface area (Å²) in [5, 5.41) is 0. The predicted octanol–water partition coefficient (Wildman–Crippen LogP) is 2.26. The fourth-order valence-electron chi connectivity index (χ4n) is 1.12. The maximum Gasteiger partial charge on any atom is 0.310 e. The number of halogens is 1. The first kappa shape index (κ1) is 11.2. The normalized spacial score (nSPS) is 9.93. The monoisotopic (exact) mass is 257 g/mol. The van der Waals surface area contributed by atoms with E-state index in [9.17, 15) is 4.79 Å². The quantitative estimate of drug-likeness (QED) is 0.616. The molecule has 0 spiro atoms. The minimum atomic E-state index is -0.218. The van der Waals surface area contributed by atoms with E-state index in [1.54, 1.807) is 13.1 Å². The number of esters is 1. The Balaban J connectivity index is 2.80. The van der Waals surface area contributed by atoms with Gasteiger partial charge in [-0.05, 0) is 47.0 Å². The Kier molecular flexibility index (Phi) is 4.07. The summed E-state index contributed by atoms with van der Waals surface area (Å²) in [7, 11) is 0. The van der Waals surface area contributed by atoms with E-state index in [2.05, 4.69) is 20.9 Å². The molecular weight excluding hydrogens is 246 g/mol. The van der Waals surface area contributed by atoms with Crippen molar-refractivity contribution in [3.05, 3.63) is 28.0 Å². The van der Waals surface area contributed by atoms with Gasteiger partial charge in [0, 0.05) is 6.20 Å². The third kappa shape index (κ3) is 2.80. The van der Waals surface area contributed by atoms with Crippen LogP contribution in [0.4, 0.5) is 0 Å². The summed E-state index contributed by atoms with van der Waals surface area (Å²) < 4.78 is 5.58. The van der Waals surface area contributed by atoms with Crippen LogP contribution in [-0.4, -0.2) is 17.6 Å². The molecule has 0 aliphatic heterocycles. The molecule has 0 atom stereocenters. The van der Waals surface area contributed by atoms with Gasteiger partial charge in [-0.1, -0.05) is 0 Å². The van der Waals surface area contributed by atoms with Gasteiger partial charge < -0.3 is 4.74 Å². The van der Waals surface area contributed by atoms with Crippen LogP contribution < -0.4 is 0 Å². The van der Waals surface area contributed by atoms with Gasteiger partial charge in [-0.2, -0.15) is 0 Å². The molecular formula is C10H12BrNO2. The number of rotatable bonds is 3. The number of aromatic nitrogens is 1. The summed E-state index contributed by atoms with van der Waals surface area (Å²) in [5.41, 5.74) is 1.94. The second-order valence-corrected chi connectivity index (χ2v) is 3.63. The van der Waals surface area contributed by atoms with E-state index < -0.39 is 0 Å². The Hall–Kier alpha value is -0.900. The van der Waals surface area contributed by atoms with Crippen LogP contribution in [0.2, 0.25) is 0 Å². The molecule has 0 bridgehead atoms. The van der Waals surface area contributed by atoms with Crippen molar-refractivity contribution in [2.75, 3.05) is 6.61 Å². The predicted molar refractivity (Wildman–Crippen MR) is 57.0 cm³/mol. The van der Waals surface area contributed by atoms with Crippen LogP contribution in [0.25, 0.3) is 0 Å². The second kappa shape index (κ2) is 5.10. The minimum absolute atomic E-state index is 0.218. The molecule has 0 fully saturated rings. The van der Waals surface area contributed by atoms with E-state index in [0.717, 1.165) is 11.1 Å². The Morgan fingerprint density at radius 1 is 1.64 bits per heavy atom. The molecule has 0 saturated carbocycles. The number of carbonyl (C=O) groups excluding carboxylic acids is 1. The van der Waals surface area contributed by atoms with Gasteiger partial charge in [0.15, 0.2) is 0 Å². The van der Waals surface area contributed by atoms with Crippen LogP contribution in [0.3, 0.4) is 0 Å². The summed E-state index contributed by atoms with van der Waals surface area (Å²) in [6, 6.07) is 1.87. The van der Waals surface area contributed by atoms with Crippen LogP contribution in [-0.2, 0) is 16.0 Å². The van der Waals surface area contributed by atoms with E-state index in [0.29, 0.717) is 11.2 Å². The molecule has 0 aliphatic carbocycles. The summed E-state index contributed by atoms with van der Waals surface area (Å²) in [6.07, 6.45) is 1.97. The summed E-state index contributed by atoms with van der Waals surface area (Å²) in [4.78, 5) is 15.3. The van der Waals surface area contributed by atoms with Gasteiger partial charge in [0.05, 0.1) is 13.0 Å². The van der Waals surface area contributed by atoms with Gasteiger partial charge in [0.2, 0.25) is 0 Å². The number of ether oxygens (including phenoxy) is 1. The van der Waals surface area contributed by atoms with Crippen molar-refractivity contribution in [2.24, 2.45) is 0 Å². The molecule has 0 amide bonds. The van der Waals surface area contributed by atoms with E-state index in [-0.39, 0.29) is 12.4 Å². The fraction of sp³-hybridized carbons (Fsp3) is 0.400. The summed E-state index contributed by atoms with van der Waals surface area (Å²) >= 11 is 3.31. The first-order valence-corrected chi connectivity index (χ1v) is 5.20. The van der Waals surface area contributed by atoms with Crippen molar-refractivity contribution in [3.8, 4) is 0 Å². The van der Waals surface area contributed by atoms with E-state index in [1.807, 2.05) is 13.0 Å². The molecule has 1 heterocycles.